The smallest absolute Gasteiger partial charge is 0.238 e. The molecule has 2 N–H and O–H groups in total. The molecule has 1 aliphatic rings. The fourth-order valence-corrected chi connectivity index (χ4v) is 2.35. The van der Waals surface area contributed by atoms with E-state index in [4.69, 9.17) is 11.6 Å². The van der Waals surface area contributed by atoms with Crippen LogP contribution in [-0.2, 0) is 4.79 Å². The molecule has 1 aromatic rings. The molecule has 2 rings (SSSR count). The average molecular weight is 282 g/mol. The Balaban J connectivity index is 1.91. The van der Waals surface area contributed by atoms with E-state index in [2.05, 4.69) is 22.5 Å². The van der Waals surface area contributed by atoms with E-state index < -0.39 is 0 Å². The summed E-state index contributed by atoms with van der Waals surface area (Å²) in [6.45, 7) is 7.27. The van der Waals surface area contributed by atoms with Gasteiger partial charge >= 0.3 is 0 Å². The summed E-state index contributed by atoms with van der Waals surface area (Å²) < 4.78 is 0. The number of nitrogens with one attached hydrogen (secondary N) is 2. The Labute approximate surface area is 119 Å². The zero-order valence-electron chi connectivity index (χ0n) is 11.4. The quantitative estimate of drug-likeness (QED) is 0.889. The number of hydrogen-bond acceptors (Lipinski definition) is 3. The summed E-state index contributed by atoms with van der Waals surface area (Å²) in [5.74, 6) is 0.00803. The van der Waals surface area contributed by atoms with Crippen molar-refractivity contribution in [1.82, 2.24) is 10.2 Å². The lowest BCUT2D eigenvalue weighted by atomic mass is 10.2. The molecular weight excluding hydrogens is 262 g/mol. The molecule has 104 valence electrons. The van der Waals surface area contributed by atoms with Crippen molar-refractivity contribution >= 4 is 23.2 Å². The van der Waals surface area contributed by atoms with Crippen LogP contribution < -0.4 is 10.6 Å². The molecule has 1 saturated heterocycles. The maximum Gasteiger partial charge on any atom is 0.238 e. The van der Waals surface area contributed by atoms with Gasteiger partial charge in [0.2, 0.25) is 5.91 Å². The van der Waals surface area contributed by atoms with Crippen LogP contribution >= 0.6 is 11.6 Å². The molecule has 1 fully saturated rings. The summed E-state index contributed by atoms with van der Waals surface area (Å²) in [6.07, 6.45) is 0. The third-order valence-electron chi connectivity index (χ3n) is 3.44. The van der Waals surface area contributed by atoms with Crippen molar-refractivity contribution in [3.05, 3.63) is 28.8 Å². The van der Waals surface area contributed by atoms with E-state index in [9.17, 15) is 4.79 Å². The number of hydrogen-bond donors (Lipinski definition) is 2. The zero-order valence-corrected chi connectivity index (χ0v) is 12.1. The number of anilines is 1. The molecule has 1 aromatic carbocycles. The van der Waals surface area contributed by atoms with E-state index in [-0.39, 0.29) is 5.91 Å². The molecule has 0 unspecified atom stereocenters. The van der Waals surface area contributed by atoms with Crippen molar-refractivity contribution in [2.24, 2.45) is 0 Å². The second-order valence-corrected chi connectivity index (χ2v) is 5.44. The van der Waals surface area contributed by atoms with Crippen molar-refractivity contribution in [2.75, 3.05) is 31.5 Å². The molecule has 5 heteroatoms. The van der Waals surface area contributed by atoms with Crippen LogP contribution in [0, 0.1) is 6.92 Å². The monoisotopic (exact) mass is 281 g/mol. The second-order valence-electron chi connectivity index (χ2n) is 5.04. The molecule has 0 spiro atoms. The number of amides is 1. The highest BCUT2D eigenvalue weighted by molar-refractivity contribution is 6.31. The van der Waals surface area contributed by atoms with E-state index >= 15 is 0 Å². The first-order valence-corrected chi connectivity index (χ1v) is 6.95. The van der Waals surface area contributed by atoms with Gasteiger partial charge in [-0.25, -0.2) is 0 Å². The Morgan fingerprint density at radius 3 is 3.05 bits per heavy atom. The summed E-state index contributed by atoms with van der Waals surface area (Å²) in [5.41, 5.74) is 1.76. The van der Waals surface area contributed by atoms with Crippen LogP contribution in [0.25, 0.3) is 0 Å². The van der Waals surface area contributed by atoms with E-state index in [1.54, 1.807) is 6.07 Å². The second kappa shape index (κ2) is 6.37. The SMILES string of the molecule is Cc1ccc(NC(=O)CN2CCNC[C@H]2C)cc1Cl. The molecule has 0 aliphatic carbocycles. The van der Waals surface area contributed by atoms with Crippen molar-refractivity contribution < 1.29 is 4.79 Å². The van der Waals surface area contributed by atoms with E-state index in [0.717, 1.165) is 30.9 Å². The van der Waals surface area contributed by atoms with Gasteiger partial charge in [0.15, 0.2) is 0 Å². The van der Waals surface area contributed by atoms with Crippen molar-refractivity contribution in [3.8, 4) is 0 Å². The topological polar surface area (TPSA) is 44.4 Å². The first kappa shape index (κ1) is 14.3. The fraction of sp³-hybridized carbons (Fsp3) is 0.500. The summed E-state index contributed by atoms with van der Waals surface area (Å²) in [4.78, 5) is 14.2. The lowest BCUT2D eigenvalue weighted by molar-refractivity contribution is -0.118. The molecular formula is C14H20ClN3O. The van der Waals surface area contributed by atoms with Crippen LogP contribution in [0.2, 0.25) is 5.02 Å². The molecule has 4 nitrogen and oxygen atoms in total. The number of benzene rings is 1. The third-order valence-corrected chi connectivity index (χ3v) is 3.85. The van der Waals surface area contributed by atoms with Gasteiger partial charge < -0.3 is 10.6 Å². The van der Waals surface area contributed by atoms with Crippen LogP contribution in [0.5, 0.6) is 0 Å². The van der Waals surface area contributed by atoms with Crippen molar-refractivity contribution in [3.63, 3.8) is 0 Å². The van der Waals surface area contributed by atoms with E-state index in [1.807, 2.05) is 19.1 Å². The average Bonchev–Trinajstić information content (AvgIpc) is 2.37. The normalized spacial score (nSPS) is 20.3. The minimum atomic E-state index is 0.00803. The van der Waals surface area contributed by atoms with Crippen LogP contribution in [-0.4, -0.2) is 43.0 Å². The lowest BCUT2D eigenvalue weighted by Crippen LogP contribution is -2.51. The molecule has 0 radical (unpaired) electrons. The first-order valence-electron chi connectivity index (χ1n) is 6.57. The molecule has 0 aromatic heterocycles. The number of halogens is 1. The van der Waals surface area contributed by atoms with Gasteiger partial charge in [-0.3, -0.25) is 9.69 Å². The molecule has 19 heavy (non-hydrogen) atoms. The molecule has 1 aliphatic heterocycles. The molecule has 1 atom stereocenters. The van der Waals surface area contributed by atoms with Crippen LogP contribution in [0.15, 0.2) is 18.2 Å². The highest BCUT2D eigenvalue weighted by Gasteiger charge is 2.20. The summed E-state index contributed by atoms with van der Waals surface area (Å²) in [6, 6.07) is 5.96. The van der Waals surface area contributed by atoms with Gasteiger partial charge in [0.1, 0.15) is 0 Å². The number of aryl methyl sites for hydroxylation is 1. The Kier molecular flexibility index (Phi) is 4.80. The summed E-state index contributed by atoms with van der Waals surface area (Å²) in [7, 11) is 0. The first-order chi connectivity index (χ1) is 9.06. The van der Waals surface area contributed by atoms with Crippen LogP contribution in [0.4, 0.5) is 5.69 Å². The number of piperazine rings is 1. The minimum absolute atomic E-state index is 0.00803. The van der Waals surface area contributed by atoms with Crippen molar-refractivity contribution in [1.29, 1.82) is 0 Å². The maximum absolute atomic E-state index is 12.0. The Morgan fingerprint density at radius 2 is 2.37 bits per heavy atom. The number of carbonyl (C=O) groups is 1. The lowest BCUT2D eigenvalue weighted by Gasteiger charge is -2.33. The molecule has 1 heterocycles. The molecule has 1 amide bonds. The number of carbonyl (C=O) groups excluding carboxylic acids is 1. The van der Waals surface area contributed by atoms with Gasteiger partial charge in [0.25, 0.3) is 0 Å². The van der Waals surface area contributed by atoms with Crippen molar-refractivity contribution in [2.45, 2.75) is 19.9 Å². The van der Waals surface area contributed by atoms with Gasteiger partial charge in [0, 0.05) is 36.4 Å². The Hall–Kier alpha value is -1.10. The predicted molar refractivity (Wildman–Crippen MR) is 78.7 cm³/mol. The van der Waals surface area contributed by atoms with Gasteiger partial charge in [0.05, 0.1) is 6.54 Å². The van der Waals surface area contributed by atoms with Crippen LogP contribution in [0.1, 0.15) is 12.5 Å². The van der Waals surface area contributed by atoms with Crippen LogP contribution in [0.3, 0.4) is 0 Å². The fourth-order valence-electron chi connectivity index (χ4n) is 2.17. The van der Waals surface area contributed by atoms with Gasteiger partial charge in [-0.05, 0) is 31.5 Å². The number of nitrogens with zero attached hydrogens (tertiary/aromatic N) is 1. The minimum Gasteiger partial charge on any atom is -0.325 e. The largest absolute Gasteiger partial charge is 0.325 e. The summed E-state index contributed by atoms with van der Waals surface area (Å²) >= 11 is 6.04. The third kappa shape index (κ3) is 3.93. The predicted octanol–water partition coefficient (Wildman–Crippen LogP) is 1.88. The van der Waals surface area contributed by atoms with Gasteiger partial charge in [-0.2, -0.15) is 0 Å². The van der Waals surface area contributed by atoms with Gasteiger partial charge in [-0.1, -0.05) is 17.7 Å². The maximum atomic E-state index is 12.0. The molecule has 0 saturated carbocycles. The van der Waals surface area contributed by atoms with Gasteiger partial charge in [-0.15, -0.1) is 0 Å². The Bertz CT molecular complexity index is 464. The van der Waals surface area contributed by atoms with E-state index in [0.29, 0.717) is 17.6 Å². The number of rotatable bonds is 3. The zero-order chi connectivity index (χ0) is 13.8. The highest BCUT2D eigenvalue weighted by Crippen LogP contribution is 2.19. The van der Waals surface area contributed by atoms with E-state index in [1.165, 1.54) is 0 Å². The highest BCUT2D eigenvalue weighted by atomic mass is 35.5. The summed E-state index contributed by atoms with van der Waals surface area (Å²) in [5, 5.41) is 6.88. The Morgan fingerprint density at radius 1 is 1.58 bits per heavy atom. The molecule has 0 bridgehead atoms. The standard InChI is InChI=1S/C14H20ClN3O/c1-10-3-4-12(7-13(10)15)17-14(19)9-18-6-5-16-8-11(18)2/h3-4,7,11,16H,5-6,8-9H2,1-2H3,(H,17,19)/t11-/m1/s1.